The van der Waals surface area contributed by atoms with Gasteiger partial charge < -0.3 is 0 Å². The van der Waals surface area contributed by atoms with Gasteiger partial charge in [0.2, 0.25) is 0 Å². The summed E-state index contributed by atoms with van der Waals surface area (Å²) in [7, 11) is 0. The van der Waals surface area contributed by atoms with Gasteiger partial charge in [0.1, 0.15) is 5.82 Å². The van der Waals surface area contributed by atoms with E-state index >= 15 is 0 Å². The van der Waals surface area contributed by atoms with Crippen LogP contribution in [0.4, 0.5) is 15.9 Å². The summed E-state index contributed by atoms with van der Waals surface area (Å²) in [6, 6.07) is 11.7. The number of pyridine rings is 2. The number of ether oxygens (including phenoxy) is 1. The molecule has 2 heterocycles. The molecule has 0 saturated heterocycles. The van der Waals surface area contributed by atoms with Gasteiger partial charge in [0.15, 0.2) is 0 Å². The molecule has 9 heteroatoms. The second-order valence-electron chi connectivity index (χ2n) is 6.15. The number of nitrogens with two attached hydrogens (primary N) is 1. The van der Waals surface area contributed by atoms with Crippen molar-refractivity contribution in [1.29, 1.82) is 0 Å². The number of carbonyl (C=O) groups excluding carboxylic acids is 1. The van der Waals surface area contributed by atoms with Crippen molar-refractivity contribution in [3.63, 3.8) is 0 Å². The third-order valence-electron chi connectivity index (χ3n) is 3.93. The van der Waals surface area contributed by atoms with E-state index in [0.29, 0.717) is 21.3 Å². The predicted molar refractivity (Wildman–Crippen MR) is 112 cm³/mol. The number of amides is 1. The normalized spacial score (nSPS) is 10.6. The van der Waals surface area contributed by atoms with Crippen LogP contribution in [0.25, 0.3) is 5.69 Å². The summed E-state index contributed by atoms with van der Waals surface area (Å²) in [6.07, 6.45) is 5.96. The number of nitrogens with zero attached hydrogens (tertiary/aromatic N) is 2. The van der Waals surface area contributed by atoms with Gasteiger partial charge in [-0.15, -0.1) is 0 Å². The summed E-state index contributed by atoms with van der Waals surface area (Å²) >= 11 is 1.00. The van der Waals surface area contributed by atoms with Gasteiger partial charge in [0, 0.05) is 0 Å². The average Bonchev–Trinajstić information content (AvgIpc) is 2.74. The molecule has 0 aliphatic heterocycles. The SMILES string of the molecule is [CH-]=C(/C=C\[C](=[W])Oc1ccnc(N)c1)C(=O)Nc1cccn(-c2ccc(F)cc2)c1=O. The average molecular weight is 587 g/mol. The summed E-state index contributed by atoms with van der Waals surface area (Å²) in [5.41, 5.74) is 5.49. The zero-order valence-corrected chi connectivity index (χ0v) is 18.9. The molecule has 0 fully saturated rings. The van der Waals surface area contributed by atoms with E-state index in [0.717, 1.165) is 19.4 Å². The zero-order chi connectivity index (χ0) is 22.4. The Balaban J connectivity index is 1.67. The molecule has 1 amide bonds. The molecule has 0 bridgehead atoms. The first-order chi connectivity index (χ1) is 14.8. The molecule has 31 heavy (non-hydrogen) atoms. The van der Waals surface area contributed by atoms with E-state index in [-0.39, 0.29) is 11.3 Å². The molecule has 3 N–H and O–H groups in total. The summed E-state index contributed by atoms with van der Waals surface area (Å²) in [4.78, 5) is 28.9. The third-order valence-corrected chi connectivity index (χ3v) is 4.72. The van der Waals surface area contributed by atoms with Crippen LogP contribution in [0.5, 0.6) is 5.75 Å². The number of aromatic nitrogens is 2. The van der Waals surface area contributed by atoms with Crippen molar-refractivity contribution >= 4 is 21.5 Å². The fraction of sp³-hybridized carbons (Fsp3) is 0. The monoisotopic (exact) mass is 587 g/mol. The van der Waals surface area contributed by atoms with Crippen LogP contribution in [0.15, 0.2) is 83.4 Å². The molecule has 156 valence electrons. The first-order valence-corrected chi connectivity index (χ1v) is 10.3. The predicted octanol–water partition coefficient (Wildman–Crippen LogP) is 2.56. The summed E-state index contributed by atoms with van der Waals surface area (Å²) < 4.78 is 20.6. The van der Waals surface area contributed by atoms with Crippen molar-refractivity contribution in [1.82, 2.24) is 9.55 Å². The van der Waals surface area contributed by atoms with Crippen molar-refractivity contribution in [2.24, 2.45) is 0 Å². The van der Waals surface area contributed by atoms with Crippen molar-refractivity contribution in [3.8, 4) is 11.4 Å². The van der Waals surface area contributed by atoms with Crippen molar-refractivity contribution in [2.45, 2.75) is 0 Å². The Kier molecular flexibility index (Phi) is 7.05. The van der Waals surface area contributed by atoms with E-state index in [1.807, 2.05) is 0 Å². The minimum atomic E-state index is -0.652. The van der Waals surface area contributed by atoms with Crippen molar-refractivity contribution < 1.29 is 33.3 Å². The van der Waals surface area contributed by atoms with Gasteiger partial charge >= 0.3 is 178 Å². The summed E-state index contributed by atoms with van der Waals surface area (Å²) in [5.74, 6) is -0.235. The van der Waals surface area contributed by atoms with E-state index in [2.05, 4.69) is 10.3 Å². The number of hydrogen-bond acceptors (Lipinski definition) is 5. The van der Waals surface area contributed by atoms with Gasteiger partial charge in [-0.2, -0.15) is 0 Å². The van der Waals surface area contributed by atoms with E-state index in [1.54, 1.807) is 24.3 Å². The fourth-order valence-corrected chi connectivity index (χ4v) is 3.05. The van der Waals surface area contributed by atoms with Crippen LogP contribution in [0, 0.1) is 12.4 Å². The topological polar surface area (TPSA) is 99.2 Å². The van der Waals surface area contributed by atoms with Crippen LogP contribution in [0.3, 0.4) is 0 Å². The van der Waals surface area contributed by atoms with Gasteiger partial charge in [-0.1, -0.05) is 0 Å². The number of carbonyl (C=O) groups is 1. The van der Waals surface area contributed by atoms with Crippen LogP contribution in [-0.2, 0) is 24.1 Å². The van der Waals surface area contributed by atoms with Gasteiger partial charge in [-0.05, 0) is 0 Å². The Morgan fingerprint density at radius 1 is 1.23 bits per heavy atom. The molecule has 7 nitrogen and oxygen atoms in total. The Hall–Kier alpha value is -3.64. The zero-order valence-electron chi connectivity index (χ0n) is 16.0. The number of hydrogen-bond donors (Lipinski definition) is 2. The Morgan fingerprint density at radius 2 is 1.97 bits per heavy atom. The van der Waals surface area contributed by atoms with E-state index in [1.165, 1.54) is 53.4 Å². The summed E-state index contributed by atoms with van der Waals surface area (Å²) in [6.45, 7) is 5.82. The molecule has 0 aliphatic rings. The number of nitrogen functional groups attached to an aromatic ring is 1. The molecule has 2 aromatic heterocycles. The molecular formula is C22H16FN4O3W-. The molecule has 0 unspecified atom stereocenters. The third kappa shape index (κ3) is 5.93. The van der Waals surface area contributed by atoms with Crippen LogP contribution >= 0.6 is 0 Å². The maximum atomic E-state index is 13.1. The Labute approximate surface area is 188 Å². The van der Waals surface area contributed by atoms with Gasteiger partial charge in [-0.25, -0.2) is 4.39 Å². The second kappa shape index (κ2) is 9.91. The Bertz CT molecular complexity index is 1240. The van der Waals surface area contributed by atoms with Crippen LogP contribution in [0.2, 0.25) is 0 Å². The van der Waals surface area contributed by atoms with Gasteiger partial charge in [0.25, 0.3) is 0 Å². The molecule has 0 aliphatic carbocycles. The molecule has 0 radical (unpaired) electrons. The van der Waals surface area contributed by atoms with E-state index < -0.39 is 17.3 Å². The van der Waals surface area contributed by atoms with Crippen LogP contribution in [-0.4, -0.2) is 19.5 Å². The summed E-state index contributed by atoms with van der Waals surface area (Å²) in [5, 5.41) is 2.48. The standard InChI is InChI=1S/C22H16FN4O3.W/c1-15(4-3-13-30-18-10-11-25-20(24)14-18)21(28)26-19-5-2-12-27(22(19)29)17-8-6-16(23)7-9-17;/h1-12,14H,(H2,24,25)(H,26,28);/q-1;/b4-3-;. The van der Waals surface area contributed by atoms with Crippen molar-refractivity contribution in [2.75, 3.05) is 11.1 Å². The number of nitrogens with one attached hydrogen (secondary N) is 1. The molecule has 0 saturated carbocycles. The molecule has 3 aromatic rings. The number of halogens is 1. The Morgan fingerprint density at radius 3 is 2.68 bits per heavy atom. The number of rotatable bonds is 7. The van der Waals surface area contributed by atoms with Gasteiger partial charge in [0.05, 0.1) is 0 Å². The second-order valence-corrected chi connectivity index (χ2v) is 7.60. The van der Waals surface area contributed by atoms with Crippen LogP contribution in [0.1, 0.15) is 0 Å². The first kappa shape index (κ1) is 22.1. The van der Waals surface area contributed by atoms with Crippen molar-refractivity contribution in [3.05, 3.63) is 101 Å². The van der Waals surface area contributed by atoms with Crippen LogP contribution < -0.4 is 21.3 Å². The molecule has 1 aromatic carbocycles. The van der Waals surface area contributed by atoms with E-state index in [9.17, 15) is 14.0 Å². The minimum absolute atomic E-state index is 0.0306. The first-order valence-electron chi connectivity index (χ1n) is 8.86. The molecular weight excluding hydrogens is 571 g/mol. The maximum absolute atomic E-state index is 13.1. The molecule has 0 spiro atoms. The number of anilines is 2. The van der Waals surface area contributed by atoms with E-state index in [4.69, 9.17) is 17.0 Å². The van der Waals surface area contributed by atoms with Gasteiger partial charge in [-0.3, -0.25) is 0 Å². The quantitative estimate of drug-likeness (QED) is 0.252. The number of benzene rings is 1. The fourth-order valence-electron chi connectivity index (χ4n) is 2.46. The molecule has 0 atom stereocenters. The molecule has 3 rings (SSSR count).